The fourth-order valence-corrected chi connectivity index (χ4v) is 1.80. The smallest absolute Gasteiger partial charge is 0.274 e. The molecule has 0 atom stereocenters. The first kappa shape index (κ1) is 14.9. The molecule has 5 nitrogen and oxygen atoms in total. The van der Waals surface area contributed by atoms with Crippen LogP contribution in [0.5, 0.6) is 11.5 Å². The molecular formula is C16H17NO4. The van der Waals surface area contributed by atoms with Gasteiger partial charge in [0.05, 0.1) is 20.8 Å². The van der Waals surface area contributed by atoms with E-state index in [2.05, 4.69) is 5.48 Å². The first-order chi connectivity index (χ1) is 10.2. The molecule has 0 saturated carbocycles. The zero-order valence-corrected chi connectivity index (χ0v) is 12.0. The van der Waals surface area contributed by atoms with E-state index in [0.717, 1.165) is 5.56 Å². The van der Waals surface area contributed by atoms with Crippen LogP contribution in [-0.4, -0.2) is 20.1 Å². The van der Waals surface area contributed by atoms with Crippen molar-refractivity contribution in [3.8, 4) is 11.5 Å². The van der Waals surface area contributed by atoms with Gasteiger partial charge in [0.1, 0.15) is 0 Å². The van der Waals surface area contributed by atoms with Crippen molar-refractivity contribution in [2.45, 2.75) is 6.61 Å². The van der Waals surface area contributed by atoms with Crippen molar-refractivity contribution in [2.75, 3.05) is 14.2 Å². The Balaban J connectivity index is 1.90. The predicted octanol–water partition coefficient (Wildman–Crippen LogP) is 2.57. The van der Waals surface area contributed by atoms with Gasteiger partial charge in [-0.25, -0.2) is 5.48 Å². The average Bonchev–Trinajstić information content (AvgIpc) is 2.55. The van der Waals surface area contributed by atoms with Crippen molar-refractivity contribution >= 4 is 5.91 Å². The third-order valence-corrected chi connectivity index (χ3v) is 2.89. The Morgan fingerprint density at radius 1 is 1.00 bits per heavy atom. The lowest BCUT2D eigenvalue weighted by Gasteiger charge is -2.10. The molecule has 0 heterocycles. The highest BCUT2D eigenvalue weighted by Crippen LogP contribution is 2.27. The van der Waals surface area contributed by atoms with E-state index in [9.17, 15) is 4.79 Å². The summed E-state index contributed by atoms with van der Waals surface area (Å²) in [5, 5.41) is 0. The maximum atomic E-state index is 11.8. The van der Waals surface area contributed by atoms with Crippen LogP contribution in [0.2, 0.25) is 0 Å². The third kappa shape index (κ3) is 3.97. The van der Waals surface area contributed by atoms with Crippen LogP contribution >= 0.6 is 0 Å². The van der Waals surface area contributed by atoms with E-state index < -0.39 is 0 Å². The van der Waals surface area contributed by atoms with Crippen LogP contribution in [0.4, 0.5) is 0 Å². The molecule has 0 unspecified atom stereocenters. The zero-order valence-electron chi connectivity index (χ0n) is 12.0. The first-order valence-corrected chi connectivity index (χ1v) is 6.42. The molecule has 0 aromatic heterocycles. The van der Waals surface area contributed by atoms with Crippen LogP contribution < -0.4 is 15.0 Å². The van der Waals surface area contributed by atoms with Gasteiger partial charge in [0.25, 0.3) is 5.91 Å². The molecule has 0 aliphatic carbocycles. The molecule has 2 aromatic carbocycles. The average molecular weight is 287 g/mol. The molecule has 0 fully saturated rings. The Kier molecular flexibility index (Phi) is 5.17. The highest BCUT2D eigenvalue weighted by molar-refractivity contribution is 5.93. The molecular weight excluding hydrogens is 270 g/mol. The Morgan fingerprint density at radius 2 is 1.71 bits per heavy atom. The maximum absolute atomic E-state index is 11.8. The summed E-state index contributed by atoms with van der Waals surface area (Å²) >= 11 is 0. The maximum Gasteiger partial charge on any atom is 0.274 e. The van der Waals surface area contributed by atoms with Crippen molar-refractivity contribution in [2.24, 2.45) is 0 Å². The van der Waals surface area contributed by atoms with E-state index in [1.165, 1.54) is 0 Å². The molecule has 21 heavy (non-hydrogen) atoms. The molecule has 1 amide bonds. The van der Waals surface area contributed by atoms with Crippen LogP contribution in [0.3, 0.4) is 0 Å². The number of benzene rings is 2. The molecule has 110 valence electrons. The summed E-state index contributed by atoms with van der Waals surface area (Å²) in [6.45, 7) is 0.235. The Hall–Kier alpha value is -2.53. The quantitative estimate of drug-likeness (QED) is 0.830. The lowest BCUT2D eigenvalue weighted by molar-refractivity contribution is 0.0233. The summed E-state index contributed by atoms with van der Waals surface area (Å²) in [6, 6.07) is 14.3. The van der Waals surface area contributed by atoms with Crippen LogP contribution in [0, 0.1) is 0 Å². The summed E-state index contributed by atoms with van der Waals surface area (Å²) < 4.78 is 10.4. The lowest BCUT2D eigenvalue weighted by atomic mass is 10.2. The molecule has 0 aliphatic rings. The third-order valence-electron chi connectivity index (χ3n) is 2.89. The molecule has 0 spiro atoms. The lowest BCUT2D eigenvalue weighted by Crippen LogP contribution is -2.23. The van der Waals surface area contributed by atoms with Gasteiger partial charge in [-0.15, -0.1) is 0 Å². The zero-order chi connectivity index (χ0) is 15.1. The standard InChI is InChI=1S/C16H17NO4/c1-19-14-9-8-12(10-15(14)20-2)11-21-17-16(18)13-6-4-3-5-7-13/h3-10H,11H2,1-2H3,(H,17,18). The van der Waals surface area contributed by atoms with Crippen molar-refractivity contribution in [3.63, 3.8) is 0 Å². The number of methoxy groups -OCH3 is 2. The van der Waals surface area contributed by atoms with Crippen LogP contribution in [0.25, 0.3) is 0 Å². The summed E-state index contributed by atoms with van der Waals surface area (Å²) in [6.07, 6.45) is 0. The topological polar surface area (TPSA) is 56.8 Å². The molecule has 2 rings (SSSR count). The van der Waals surface area contributed by atoms with E-state index in [1.54, 1.807) is 50.6 Å². The second-order valence-electron chi connectivity index (χ2n) is 4.28. The first-order valence-electron chi connectivity index (χ1n) is 6.42. The molecule has 5 heteroatoms. The van der Waals surface area contributed by atoms with Crippen molar-refractivity contribution in [1.82, 2.24) is 5.48 Å². The van der Waals surface area contributed by atoms with Crippen LogP contribution in [0.15, 0.2) is 48.5 Å². The predicted molar refractivity (Wildman–Crippen MR) is 78.2 cm³/mol. The largest absolute Gasteiger partial charge is 0.493 e. The summed E-state index contributed by atoms with van der Waals surface area (Å²) in [5.41, 5.74) is 3.81. The summed E-state index contributed by atoms with van der Waals surface area (Å²) in [5.74, 6) is 0.985. The molecule has 0 aliphatic heterocycles. The molecule has 2 aromatic rings. The number of amides is 1. The number of hydrogen-bond donors (Lipinski definition) is 1. The number of carbonyl (C=O) groups is 1. The SMILES string of the molecule is COc1ccc(CONC(=O)c2ccccc2)cc1OC. The van der Waals surface area contributed by atoms with Gasteiger partial charge in [0, 0.05) is 5.56 Å². The Morgan fingerprint density at radius 3 is 2.38 bits per heavy atom. The van der Waals surface area contributed by atoms with E-state index in [4.69, 9.17) is 14.3 Å². The fourth-order valence-electron chi connectivity index (χ4n) is 1.80. The van der Waals surface area contributed by atoms with Crippen LogP contribution in [0.1, 0.15) is 15.9 Å². The van der Waals surface area contributed by atoms with Gasteiger partial charge in [0.15, 0.2) is 11.5 Å². The van der Waals surface area contributed by atoms with Crippen molar-refractivity contribution in [3.05, 3.63) is 59.7 Å². The second kappa shape index (κ2) is 7.31. The molecule has 0 bridgehead atoms. The normalized spacial score (nSPS) is 10.0. The monoisotopic (exact) mass is 287 g/mol. The molecule has 0 radical (unpaired) electrons. The van der Waals surface area contributed by atoms with Gasteiger partial charge in [0.2, 0.25) is 0 Å². The number of nitrogens with one attached hydrogen (secondary N) is 1. The number of hydrogen-bond acceptors (Lipinski definition) is 4. The minimum atomic E-state index is -0.281. The van der Waals surface area contributed by atoms with Gasteiger partial charge in [-0.1, -0.05) is 24.3 Å². The van der Waals surface area contributed by atoms with Gasteiger partial charge < -0.3 is 9.47 Å². The minimum absolute atomic E-state index is 0.235. The number of ether oxygens (including phenoxy) is 2. The van der Waals surface area contributed by atoms with E-state index in [1.807, 2.05) is 12.1 Å². The highest BCUT2D eigenvalue weighted by Gasteiger charge is 2.06. The summed E-state index contributed by atoms with van der Waals surface area (Å²) in [4.78, 5) is 17.0. The van der Waals surface area contributed by atoms with Gasteiger partial charge >= 0.3 is 0 Å². The molecule has 1 N–H and O–H groups in total. The van der Waals surface area contributed by atoms with Crippen molar-refractivity contribution < 1.29 is 19.1 Å². The van der Waals surface area contributed by atoms with E-state index in [-0.39, 0.29) is 12.5 Å². The fraction of sp³-hybridized carbons (Fsp3) is 0.188. The van der Waals surface area contributed by atoms with Gasteiger partial charge in [-0.2, -0.15) is 0 Å². The summed E-state index contributed by atoms with van der Waals surface area (Å²) in [7, 11) is 3.15. The highest BCUT2D eigenvalue weighted by atomic mass is 16.6. The van der Waals surface area contributed by atoms with Gasteiger partial charge in [-0.05, 0) is 29.8 Å². The Bertz CT molecular complexity index is 598. The molecule has 0 saturated heterocycles. The number of hydroxylamine groups is 1. The Labute approximate surface area is 123 Å². The van der Waals surface area contributed by atoms with Crippen molar-refractivity contribution in [1.29, 1.82) is 0 Å². The number of carbonyl (C=O) groups excluding carboxylic acids is 1. The second-order valence-corrected chi connectivity index (χ2v) is 4.28. The van der Waals surface area contributed by atoms with E-state index >= 15 is 0 Å². The van der Waals surface area contributed by atoms with Crippen LogP contribution in [-0.2, 0) is 11.4 Å². The van der Waals surface area contributed by atoms with Gasteiger partial charge in [-0.3, -0.25) is 9.63 Å². The van der Waals surface area contributed by atoms with E-state index in [0.29, 0.717) is 17.1 Å². The number of rotatable bonds is 6. The minimum Gasteiger partial charge on any atom is -0.493 e.